The van der Waals surface area contributed by atoms with Crippen LogP contribution >= 0.6 is 0 Å². The molecule has 0 bridgehead atoms. The monoisotopic (exact) mass is 305 g/mol. The van der Waals surface area contributed by atoms with Crippen molar-refractivity contribution in [3.8, 4) is 0 Å². The summed E-state index contributed by atoms with van der Waals surface area (Å²) in [5, 5.41) is 9.64. The molecule has 4 heteroatoms. The van der Waals surface area contributed by atoms with Crippen molar-refractivity contribution in [2.75, 3.05) is 7.11 Å². The zero-order valence-corrected chi connectivity index (χ0v) is 14.1. The van der Waals surface area contributed by atoms with E-state index in [1.165, 1.54) is 7.11 Å². The highest BCUT2D eigenvalue weighted by Gasteiger charge is 2.12. The molecule has 4 nitrogen and oxygen atoms in total. The van der Waals surface area contributed by atoms with E-state index >= 15 is 0 Å². The minimum atomic E-state index is -0.579. The molecule has 0 atom stereocenters. The van der Waals surface area contributed by atoms with Crippen molar-refractivity contribution in [2.24, 2.45) is 4.99 Å². The number of esters is 1. The third-order valence-corrected chi connectivity index (χ3v) is 3.49. The molecule has 0 heterocycles. The molecule has 1 aromatic rings. The van der Waals surface area contributed by atoms with Crippen molar-refractivity contribution in [1.82, 2.24) is 0 Å². The van der Waals surface area contributed by atoms with Crippen molar-refractivity contribution < 1.29 is 14.6 Å². The third kappa shape index (κ3) is 6.39. The predicted molar refractivity (Wildman–Crippen MR) is 90.1 cm³/mol. The van der Waals surface area contributed by atoms with Gasteiger partial charge in [-0.1, -0.05) is 25.0 Å². The van der Waals surface area contributed by atoms with Gasteiger partial charge in [-0.25, -0.2) is 4.79 Å². The number of methoxy groups -OCH3 is 1. The van der Waals surface area contributed by atoms with E-state index in [1.54, 1.807) is 6.07 Å². The first kappa shape index (κ1) is 18.4. The first-order valence-electron chi connectivity index (χ1n) is 7.78. The van der Waals surface area contributed by atoms with E-state index in [2.05, 4.69) is 4.99 Å². The maximum atomic E-state index is 11.7. The summed E-state index contributed by atoms with van der Waals surface area (Å²) in [7, 11) is 1.38. The fourth-order valence-corrected chi connectivity index (χ4v) is 2.23. The number of aliphatic hydroxyl groups is 1. The third-order valence-electron chi connectivity index (χ3n) is 3.49. The number of nitrogens with zero attached hydrogens (tertiary/aromatic N) is 1. The Bertz CT molecular complexity index is 516. The van der Waals surface area contributed by atoms with E-state index in [9.17, 15) is 9.90 Å². The van der Waals surface area contributed by atoms with Gasteiger partial charge < -0.3 is 9.84 Å². The van der Waals surface area contributed by atoms with Crippen LogP contribution in [0.15, 0.2) is 23.2 Å². The van der Waals surface area contributed by atoms with E-state index in [1.807, 2.05) is 39.1 Å². The SMILES string of the molecule is COC(=O)c1cccc(C)c1N=CCCCCCC(C)(C)O. The average Bonchev–Trinajstić information content (AvgIpc) is 2.45. The second kappa shape index (κ2) is 8.69. The smallest absolute Gasteiger partial charge is 0.340 e. The molecule has 0 aliphatic rings. The predicted octanol–water partition coefficient (Wildman–Crippen LogP) is 4.21. The topological polar surface area (TPSA) is 58.9 Å². The Morgan fingerprint density at radius 3 is 2.68 bits per heavy atom. The fourth-order valence-electron chi connectivity index (χ4n) is 2.23. The summed E-state index contributed by atoms with van der Waals surface area (Å²) in [6, 6.07) is 5.49. The Hall–Kier alpha value is -1.68. The van der Waals surface area contributed by atoms with Crippen LogP contribution in [0.4, 0.5) is 5.69 Å². The average molecular weight is 305 g/mol. The lowest BCUT2D eigenvalue weighted by Gasteiger charge is -2.15. The first-order chi connectivity index (χ1) is 10.3. The Kier molecular flexibility index (Phi) is 7.25. The van der Waals surface area contributed by atoms with Gasteiger partial charge in [-0.2, -0.15) is 0 Å². The van der Waals surface area contributed by atoms with Crippen LogP contribution in [0.2, 0.25) is 0 Å². The standard InChI is InChI=1S/C18H27NO3/c1-14-10-9-11-15(17(20)22-4)16(14)19-13-8-6-5-7-12-18(2,3)21/h9-11,13,21H,5-8,12H2,1-4H3. The zero-order valence-electron chi connectivity index (χ0n) is 14.1. The maximum Gasteiger partial charge on any atom is 0.340 e. The summed E-state index contributed by atoms with van der Waals surface area (Å²) < 4.78 is 4.79. The lowest BCUT2D eigenvalue weighted by molar-refractivity contribution is 0.0601. The van der Waals surface area contributed by atoms with Crippen molar-refractivity contribution in [3.05, 3.63) is 29.3 Å². The summed E-state index contributed by atoms with van der Waals surface area (Å²) in [5.41, 5.74) is 1.57. The van der Waals surface area contributed by atoms with E-state index in [4.69, 9.17) is 4.74 Å². The van der Waals surface area contributed by atoms with Crippen molar-refractivity contribution in [3.63, 3.8) is 0 Å². The summed E-state index contributed by atoms with van der Waals surface area (Å²) in [6.07, 6.45) is 6.63. The number of benzene rings is 1. The van der Waals surface area contributed by atoms with Crippen molar-refractivity contribution in [1.29, 1.82) is 0 Å². The molecule has 0 amide bonds. The Labute approximate surface area is 133 Å². The van der Waals surface area contributed by atoms with Gasteiger partial charge in [-0.3, -0.25) is 4.99 Å². The number of rotatable bonds is 8. The van der Waals surface area contributed by atoms with Crippen LogP contribution in [-0.2, 0) is 4.74 Å². The van der Waals surface area contributed by atoms with Crippen LogP contribution in [-0.4, -0.2) is 30.0 Å². The molecule has 0 spiro atoms. The van der Waals surface area contributed by atoms with Gasteiger partial charge in [0.1, 0.15) is 0 Å². The molecule has 0 saturated carbocycles. The van der Waals surface area contributed by atoms with Gasteiger partial charge in [-0.15, -0.1) is 0 Å². The van der Waals surface area contributed by atoms with Gasteiger partial charge in [0.05, 0.1) is 24.0 Å². The summed E-state index contributed by atoms with van der Waals surface area (Å²) in [4.78, 5) is 16.2. The van der Waals surface area contributed by atoms with Crippen molar-refractivity contribution >= 4 is 17.9 Å². The number of carbonyl (C=O) groups is 1. The molecular formula is C18H27NO3. The number of carbonyl (C=O) groups excluding carboxylic acids is 1. The van der Waals surface area contributed by atoms with Gasteiger partial charge >= 0.3 is 5.97 Å². The van der Waals surface area contributed by atoms with Gasteiger partial charge in [0.2, 0.25) is 0 Å². The minimum Gasteiger partial charge on any atom is -0.465 e. The van der Waals surface area contributed by atoms with Crippen LogP contribution in [0.25, 0.3) is 0 Å². The number of hydrogen-bond donors (Lipinski definition) is 1. The molecule has 1 aromatic carbocycles. The van der Waals surface area contributed by atoms with Gasteiger partial charge in [0.15, 0.2) is 0 Å². The molecule has 1 rings (SSSR count). The molecule has 0 unspecified atom stereocenters. The van der Waals surface area contributed by atoms with Crippen LogP contribution < -0.4 is 0 Å². The molecule has 0 fully saturated rings. The van der Waals surface area contributed by atoms with E-state index in [0.717, 1.165) is 37.7 Å². The largest absolute Gasteiger partial charge is 0.465 e. The number of unbranched alkanes of at least 4 members (excludes halogenated alkanes) is 3. The van der Waals surface area contributed by atoms with Gasteiger partial charge in [0.25, 0.3) is 0 Å². The normalized spacial score (nSPS) is 11.9. The highest BCUT2D eigenvalue weighted by molar-refractivity contribution is 5.96. The number of para-hydroxylation sites is 1. The summed E-state index contributed by atoms with van der Waals surface area (Å²) in [5.74, 6) is -0.360. The second-order valence-corrected chi connectivity index (χ2v) is 6.19. The molecule has 0 aliphatic carbocycles. The summed E-state index contributed by atoms with van der Waals surface area (Å²) >= 11 is 0. The Balaban J connectivity index is 2.51. The quantitative estimate of drug-likeness (QED) is 0.445. The van der Waals surface area contributed by atoms with Crippen LogP contribution in [0.3, 0.4) is 0 Å². The molecule has 1 N–H and O–H groups in total. The highest BCUT2D eigenvalue weighted by Crippen LogP contribution is 2.24. The van der Waals surface area contributed by atoms with Crippen LogP contribution in [0.5, 0.6) is 0 Å². The van der Waals surface area contributed by atoms with Crippen LogP contribution in [0, 0.1) is 6.92 Å². The lowest BCUT2D eigenvalue weighted by atomic mass is 10.0. The van der Waals surface area contributed by atoms with Crippen molar-refractivity contribution in [2.45, 2.75) is 58.5 Å². The Morgan fingerprint density at radius 1 is 1.32 bits per heavy atom. The number of ether oxygens (including phenoxy) is 1. The molecule has 0 aliphatic heterocycles. The highest BCUT2D eigenvalue weighted by atomic mass is 16.5. The zero-order chi connectivity index (χ0) is 16.6. The fraction of sp³-hybridized carbons (Fsp3) is 0.556. The van der Waals surface area contributed by atoms with Gasteiger partial charge in [-0.05, 0) is 51.7 Å². The van der Waals surface area contributed by atoms with E-state index in [0.29, 0.717) is 11.3 Å². The summed E-state index contributed by atoms with van der Waals surface area (Å²) in [6.45, 7) is 5.60. The van der Waals surface area contributed by atoms with E-state index in [-0.39, 0.29) is 5.97 Å². The Morgan fingerprint density at radius 2 is 2.05 bits per heavy atom. The van der Waals surface area contributed by atoms with Crippen LogP contribution in [0.1, 0.15) is 61.9 Å². The molecule has 0 saturated heterocycles. The molecule has 0 radical (unpaired) electrons. The number of hydrogen-bond acceptors (Lipinski definition) is 4. The molecule has 22 heavy (non-hydrogen) atoms. The van der Waals surface area contributed by atoms with Gasteiger partial charge in [0, 0.05) is 6.21 Å². The molecule has 122 valence electrons. The maximum absolute atomic E-state index is 11.7. The first-order valence-corrected chi connectivity index (χ1v) is 7.78. The number of aryl methyl sites for hydroxylation is 1. The minimum absolute atomic E-state index is 0.360. The number of aliphatic imine (C=N–C) groups is 1. The molecular weight excluding hydrogens is 278 g/mol. The van der Waals surface area contributed by atoms with E-state index < -0.39 is 5.60 Å². The molecule has 0 aromatic heterocycles. The lowest BCUT2D eigenvalue weighted by Crippen LogP contribution is -2.17. The second-order valence-electron chi connectivity index (χ2n) is 6.19.